The van der Waals surface area contributed by atoms with Gasteiger partial charge in [0.05, 0.1) is 12.7 Å². The molecule has 4 nitrogen and oxygen atoms in total. The van der Waals surface area contributed by atoms with Crippen LogP contribution >= 0.6 is 0 Å². The highest BCUT2D eigenvalue weighted by molar-refractivity contribution is 5.08. The van der Waals surface area contributed by atoms with Crippen LogP contribution in [0.3, 0.4) is 0 Å². The van der Waals surface area contributed by atoms with Crippen LogP contribution in [0.5, 0.6) is 0 Å². The van der Waals surface area contributed by atoms with Gasteiger partial charge < -0.3 is 9.64 Å². The number of nitrogens with one attached hydrogen (secondary N) is 1. The number of likely N-dealkylation sites (tertiary alicyclic amines) is 1. The third kappa shape index (κ3) is 4.44. The molecule has 4 heteroatoms. The summed E-state index contributed by atoms with van der Waals surface area (Å²) in [5, 5.41) is 13.0. The Morgan fingerprint density at radius 3 is 2.80 bits per heavy atom. The van der Waals surface area contributed by atoms with Gasteiger partial charge in [-0.05, 0) is 58.4 Å². The van der Waals surface area contributed by atoms with E-state index in [0.29, 0.717) is 18.0 Å². The predicted molar refractivity (Wildman–Crippen MR) is 80.4 cm³/mol. The van der Waals surface area contributed by atoms with Crippen LogP contribution in [0.15, 0.2) is 0 Å². The van der Waals surface area contributed by atoms with Gasteiger partial charge in [0.2, 0.25) is 0 Å². The molecule has 1 saturated heterocycles. The largest absolute Gasteiger partial charge is 0.384 e. The average molecular weight is 279 g/mol. The van der Waals surface area contributed by atoms with Gasteiger partial charge in [-0.2, -0.15) is 5.26 Å². The van der Waals surface area contributed by atoms with Crippen molar-refractivity contribution in [3.05, 3.63) is 0 Å². The van der Waals surface area contributed by atoms with Gasteiger partial charge in [0.25, 0.3) is 0 Å². The van der Waals surface area contributed by atoms with Gasteiger partial charge >= 0.3 is 0 Å². The van der Waals surface area contributed by atoms with Gasteiger partial charge in [-0.25, -0.2) is 0 Å². The molecular formula is C16H29N3O. The average Bonchev–Trinajstić information content (AvgIpc) is 3.23. The number of piperidine rings is 1. The van der Waals surface area contributed by atoms with Crippen molar-refractivity contribution in [3.63, 3.8) is 0 Å². The first-order chi connectivity index (χ1) is 9.56. The molecule has 1 aliphatic heterocycles. The molecule has 2 rings (SSSR count). The molecule has 3 unspecified atom stereocenters. The smallest absolute Gasteiger partial charge is 0.105 e. The zero-order chi connectivity index (χ0) is 14.6. The number of nitriles is 1. The Morgan fingerprint density at radius 2 is 2.20 bits per heavy atom. The minimum Gasteiger partial charge on any atom is -0.384 e. The Hall–Kier alpha value is -0.630. The van der Waals surface area contributed by atoms with E-state index in [4.69, 9.17) is 4.74 Å². The molecule has 0 amide bonds. The summed E-state index contributed by atoms with van der Waals surface area (Å²) in [6.45, 7) is 7.45. The zero-order valence-corrected chi connectivity index (χ0v) is 13.2. The van der Waals surface area contributed by atoms with E-state index in [-0.39, 0.29) is 5.54 Å². The van der Waals surface area contributed by atoms with E-state index in [1.807, 2.05) is 0 Å². The Kier molecular flexibility index (Phi) is 5.42. The topological polar surface area (TPSA) is 48.3 Å². The van der Waals surface area contributed by atoms with Crippen molar-refractivity contribution < 1.29 is 4.74 Å². The van der Waals surface area contributed by atoms with Crippen molar-refractivity contribution >= 4 is 0 Å². The lowest BCUT2D eigenvalue weighted by atomic mass is 9.91. The van der Waals surface area contributed by atoms with Crippen molar-refractivity contribution in [2.75, 3.05) is 26.8 Å². The van der Waals surface area contributed by atoms with E-state index in [1.165, 1.54) is 25.7 Å². The highest BCUT2D eigenvalue weighted by Crippen LogP contribution is 2.27. The standard InChI is InChI=1S/C16H29N3O/c1-13(9-16(2,12-17)18-15-6-7-15)19-8-4-5-14(10-19)11-20-3/h13-15,18H,4-11H2,1-3H3. The number of methoxy groups -OCH3 is 1. The molecule has 1 heterocycles. The van der Waals surface area contributed by atoms with Gasteiger partial charge in [0.1, 0.15) is 5.54 Å². The van der Waals surface area contributed by atoms with Gasteiger partial charge in [-0.15, -0.1) is 0 Å². The fraction of sp³-hybridized carbons (Fsp3) is 0.938. The normalized spacial score (nSPS) is 28.6. The van der Waals surface area contributed by atoms with Crippen LogP contribution in [0.2, 0.25) is 0 Å². The molecule has 1 N–H and O–H groups in total. The molecule has 2 fully saturated rings. The van der Waals surface area contributed by atoms with Crippen LogP contribution < -0.4 is 5.32 Å². The van der Waals surface area contributed by atoms with Crippen LogP contribution in [0.25, 0.3) is 0 Å². The van der Waals surface area contributed by atoms with Crippen LogP contribution in [-0.2, 0) is 4.74 Å². The third-order valence-electron chi connectivity index (χ3n) is 4.63. The Labute approximate surface area is 123 Å². The Bertz CT molecular complexity index is 348. The first-order valence-electron chi connectivity index (χ1n) is 7.98. The molecule has 0 aromatic heterocycles. The molecule has 0 aromatic carbocycles. The van der Waals surface area contributed by atoms with Gasteiger partial charge in [0.15, 0.2) is 0 Å². The van der Waals surface area contributed by atoms with Crippen molar-refractivity contribution in [1.82, 2.24) is 10.2 Å². The molecule has 20 heavy (non-hydrogen) atoms. The lowest BCUT2D eigenvalue weighted by Gasteiger charge is -2.39. The first kappa shape index (κ1) is 15.8. The maximum absolute atomic E-state index is 9.49. The molecule has 114 valence electrons. The number of nitrogens with zero attached hydrogens (tertiary/aromatic N) is 2. The van der Waals surface area contributed by atoms with Crippen molar-refractivity contribution in [3.8, 4) is 6.07 Å². The molecule has 1 saturated carbocycles. The number of ether oxygens (including phenoxy) is 1. The van der Waals surface area contributed by atoms with Gasteiger partial charge in [-0.3, -0.25) is 5.32 Å². The second kappa shape index (κ2) is 6.89. The lowest BCUT2D eigenvalue weighted by molar-refractivity contribution is 0.0650. The van der Waals surface area contributed by atoms with Crippen molar-refractivity contribution in [2.24, 2.45) is 5.92 Å². The van der Waals surface area contributed by atoms with E-state index in [1.54, 1.807) is 7.11 Å². The maximum atomic E-state index is 9.49. The summed E-state index contributed by atoms with van der Waals surface area (Å²) >= 11 is 0. The molecule has 0 radical (unpaired) electrons. The number of hydrogen-bond donors (Lipinski definition) is 1. The molecule has 3 atom stereocenters. The van der Waals surface area contributed by atoms with Crippen molar-refractivity contribution in [1.29, 1.82) is 5.26 Å². The Morgan fingerprint density at radius 1 is 1.45 bits per heavy atom. The third-order valence-corrected chi connectivity index (χ3v) is 4.63. The number of rotatable bonds is 7. The fourth-order valence-corrected chi connectivity index (χ4v) is 3.40. The van der Waals surface area contributed by atoms with Gasteiger partial charge in [-0.1, -0.05) is 0 Å². The summed E-state index contributed by atoms with van der Waals surface area (Å²) < 4.78 is 5.30. The van der Waals surface area contributed by atoms with Crippen LogP contribution in [-0.4, -0.2) is 49.3 Å². The van der Waals surface area contributed by atoms with E-state index in [0.717, 1.165) is 26.1 Å². The summed E-state index contributed by atoms with van der Waals surface area (Å²) in [6, 6.07) is 3.52. The minimum atomic E-state index is -0.380. The van der Waals surface area contributed by atoms with Crippen molar-refractivity contribution in [2.45, 2.75) is 63.6 Å². The van der Waals surface area contributed by atoms with E-state index < -0.39 is 0 Å². The monoisotopic (exact) mass is 279 g/mol. The summed E-state index contributed by atoms with van der Waals surface area (Å²) in [5.74, 6) is 0.654. The maximum Gasteiger partial charge on any atom is 0.105 e. The summed E-state index contributed by atoms with van der Waals surface area (Å²) in [5.41, 5.74) is -0.380. The van der Waals surface area contributed by atoms with E-state index in [2.05, 4.69) is 30.1 Å². The molecule has 0 bridgehead atoms. The molecule has 0 spiro atoms. The highest BCUT2D eigenvalue weighted by Gasteiger charge is 2.35. The lowest BCUT2D eigenvalue weighted by Crippen LogP contribution is -2.50. The Balaban J connectivity index is 1.85. The fourth-order valence-electron chi connectivity index (χ4n) is 3.40. The van der Waals surface area contributed by atoms with Gasteiger partial charge in [0, 0.05) is 25.7 Å². The first-order valence-corrected chi connectivity index (χ1v) is 7.98. The highest BCUT2D eigenvalue weighted by atomic mass is 16.5. The van der Waals surface area contributed by atoms with Crippen LogP contribution in [0.1, 0.15) is 46.0 Å². The van der Waals surface area contributed by atoms with Crippen LogP contribution in [0.4, 0.5) is 0 Å². The molecule has 2 aliphatic rings. The second-order valence-corrected chi connectivity index (χ2v) is 6.87. The minimum absolute atomic E-state index is 0.380. The van der Waals surface area contributed by atoms with Crippen LogP contribution in [0, 0.1) is 17.2 Å². The van der Waals surface area contributed by atoms with E-state index in [9.17, 15) is 5.26 Å². The quantitative estimate of drug-likeness (QED) is 0.776. The molecular weight excluding hydrogens is 250 g/mol. The summed E-state index contributed by atoms with van der Waals surface area (Å²) in [6.07, 6.45) is 5.88. The SMILES string of the molecule is COCC1CCCN(C(C)CC(C)(C#N)NC2CC2)C1. The number of hydrogen-bond acceptors (Lipinski definition) is 4. The molecule has 0 aromatic rings. The zero-order valence-electron chi connectivity index (χ0n) is 13.2. The summed E-state index contributed by atoms with van der Waals surface area (Å²) in [7, 11) is 1.79. The summed E-state index contributed by atoms with van der Waals surface area (Å²) in [4.78, 5) is 2.54. The van der Waals surface area contributed by atoms with E-state index >= 15 is 0 Å². The molecule has 1 aliphatic carbocycles. The second-order valence-electron chi connectivity index (χ2n) is 6.87. The predicted octanol–water partition coefficient (Wildman–Crippen LogP) is 2.16.